The van der Waals surface area contributed by atoms with Gasteiger partial charge in [-0.3, -0.25) is 0 Å². The van der Waals surface area contributed by atoms with Crippen LogP contribution < -0.4 is 5.73 Å². The Balaban J connectivity index is 3.40. The number of aliphatic hydroxyl groups is 1. The van der Waals surface area contributed by atoms with Crippen LogP contribution >= 0.6 is 0 Å². The summed E-state index contributed by atoms with van der Waals surface area (Å²) >= 11 is 0. The molecule has 0 rings (SSSR count). The monoisotopic (exact) mass is 231 g/mol. The predicted octanol–water partition coefficient (Wildman–Crippen LogP) is 2.46. The van der Waals surface area contributed by atoms with E-state index in [9.17, 15) is 0 Å². The average Bonchev–Trinajstić information content (AvgIpc) is 2.22. The fourth-order valence-electron chi connectivity index (χ4n) is 1.77. The van der Waals surface area contributed by atoms with Crippen molar-refractivity contribution in [2.24, 2.45) is 5.73 Å². The van der Waals surface area contributed by atoms with Crippen molar-refractivity contribution in [3.63, 3.8) is 0 Å². The number of hydrogen-bond donors (Lipinski definition) is 2. The van der Waals surface area contributed by atoms with Crippen molar-refractivity contribution in [2.75, 3.05) is 13.2 Å². The Hall–Kier alpha value is -0.120. The van der Waals surface area contributed by atoms with Gasteiger partial charge in [-0.05, 0) is 26.7 Å². The molecule has 2 atom stereocenters. The molecule has 16 heavy (non-hydrogen) atoms. The molecule has 3 nitrogen and oxygen atoms in total. The van der Waals surface area contributed by atoms with Gasteiger partial charge in [0.15, 0.2) is 0 Å². The summed E-state index contributed by atoms with van der Waals surface area (Å²) in [6.07, 6.45) is 7.12. The second-order valence-electron chi connectivity index (χ2n) is 5.11. The minimum absolute atomic E-state index is 0.0111. The van der Waals surface area contributed by atoms with E-state index in [0.717, 1.165) is 13.0 Å². The summed E-state index contributed by atoms with van der Waals surface area (Å²) in [7, 11) is 0. The normalized spacial score (nSPS) is 17.1. The first kappa shape index (κ1) is 15.9. The van der Waals surface area contributed by atoms with E-state index >= 15 is 0 Å². The molecular weight excluding hydrogens is 202 g/mol. The van der Waals surface area contributed by atoms with E-state index in [-0.39, 0.29) is 12.7 Å². The Bertz CT molecular complexity index is 160. The third-order valence-corrected chi connectivity index (χ3v) is 2.77. The highest BCUT2D eigenvalue weighted by Crippen LogP contribution is 2.11. The predicted molar refractivity (Wildman–Crippen MR) is 68.5 cm³/mol. The van der Waals surface area contributed by atoms with Gasteiger partial charge in [0.2, 0.25) is 0 Å². The van der Waals surface area contributed by atoms with Gasteiger partial charge >= 0.3 is 0 Å². The Morgan fingerprint density at radius 3 is 2.44 bits per heavy atom. The number of aliphatic hydroxyl groups excluding tert-OH is 1. The second kappa shape index (κ2) is 8.97. The second-order valence-corrected chi connectivity index (χ2v) is 5.11. The van der Waals surface area contributed by atoms with Crippen molar-refractivity contribution < 1.29 is 9.84 Å². The van der Waals surface area contributed by atoms with Gasteiger partial charge in [0.05, 0.1) is 12.7 Å². The number of hydrogen-bond acceptors (Lipinski definition) is 3. The first-order chi connectivity index (χ1) is 7.52. The summed E-state index contributed by atoms with van der Waals surface area (Å²) in [4.78, 5) is 0. The molecular formula is C13H29NO2. The maximum Gasteiger partial charge on any atom is 0.0609 e. The van der Waals surface area contributed by atoms with Crippen molar-refractivity contribution in [3.8, 4) is 0 Å². The van der Waals surface area contributed by atoms with Crippen LogP contribution in [0.25, 0.3) is 0 Å². The van der Waals surface area contributed by atoms with Crippen molar-refractivity contribution >= 4 is 0 Å². The van der Waals surface area contributed by atoms with Crippen LogP contribution in [0.5, 0.6) is 0 Å². The Kier molecular flexibility index (Phi) is 8.90. The molecule has 0 bridgehead atoms. The Labute approximate surface area is 100 Å². The summed E-state index contributed by atoms with van der Waals surface area (Å²) in [6.45, 7) is 6.92. The molecule has 98 valence electrons. The lowest BCUT2D eigenvalue weighted by atomic mass is 9.97. The molecule has 3 heteroatoms. The zero-order valence-electron chi connectivity index (χ0n) is 11.2. The lowest BCUT2D eigenvalue weighted by Crippen LogP contribution is -2.43. The quantitative estimate of drug-likeness (QED) is 0.568. The van der Waals surface area contributed by atoms with Gasteiger partial charge in [0, 0.05) is 12.1 Å². The molecule has 3 N–H and O–H groups in total. The number of ether oxygens (including phenoxy) is 1. The van der Waals surface area contributed by atoms with E-state index in [1.54, 1.807) is 0 Å². The van der Waals surface area contributed by atoms with Crippen LogP contribution in [0.4, 0.5) is 0 Å². The average molecular weight is 231 g/mol. The van der Waals surface area contributed by atoms with Crippen molar-refractivity contribution in [3.05, 3.63) is 0 Å². The lowest BCUT2D eigenvalue weighted by Gasteiger charge is -2.25. The van der Waals surface area contributed by atoms with E-state index in [1.165, 1.54) is 25.7 Å². The molecule has 0 aromatic rings. The van der Waals surface area contributed by atoms with Crippen molar-refractivity contribution in [2.45, 2.75) is 70.9 Å². The molecule has 2 unspecified atom stereocenters. The molecule has 0 aliphatic rings. The molecule has 0 fully saturated rings. The summed E-state index contributed by atoms with van der Waals surface area (Å²) in [5.41, 5.74) is 5.34. The van der Waals surface area contributed by atoms with Gasteiger partial charge in [-0.25, -0.2) is 0 Å². The van der Waals surface area contributed by atoms with Gasteiger partial charge in [0.1, 0.15) is 0 Å². The fraction of sp³-hybridized carbons (Fsp3) is 1.00. The topological polar surface area (TPSA) is 55.5 Å². The summed E-state index contributed by atoms with van der Waals surface area (Å²) in [6, 6.07) is 0. The largest absolute Gasteiger partial charge is 0.394 e. The minimum atomic E-state index is -0.512. The first-order valence-corrected chi connectivity index (χ1v) is 6.53. The van der Waals surface area contributed by atoms with Crippen molar-refractivity contribution in [1.29, 1.82) is 0 Å². The molecule has 0 amide bonds. The smallest absolute Gasteiger partial charge is 0.0609 e. The first-order valence-electron chi connectivity index (χ1n) is 6.53. The van der Waals surface area contributed by atoms with Gasteiger partial charge in [0.25, 0.3) is 0 Å². The van der Waals surface area contributed by atoms with Gasteiger partial charge in [-0.2, -0.15) is 0 Å². The molecule has 0 aromatic heterocycles. The zero-order valence-corrected chi connectivity index (χ0v) is 11.2. The van der Waals surface area contributed by atoms with Crippen LogP contribution in [0.3, 0.4) is 0 Å². The highest BCUT2D eigenvalue weighted by atomic mass is 16.5. The molecule has 0 radical (unpaired) electrons. The van der Waals surface area contributed by atoms with Crippen LogP contribution in [-0.4, -0.2) is 30.0 Å². The Morgan fingerprint density at radius 1 is 1.25 bits per heavy atom. The summed E-state index contributed by atoms with van der Waals surface area (Å²) in [5.74, 6) is 0. The number of rotatable bonds is 10. The third kappa shape index (κ3) is 9.13. The number of nitrogens with two attached hydrogens (primary N) is 1. The van der Waals surface area contributed by atoms with E-state index in [2.05, 4.69) is 6.92 Å². The highest BCUT2D eigenvalue weighted by Gasteiger charge is 2.20. The van der Waals surface area contributed by atoms with Gasteiger partial charge in [-0.1, -0.05) is 32.6 Å². The highest BCUT2D eigenvalue weighted by molar-refractivity contribution is 4.79. The molecule has 0 aromatic carbocycles. The van der Waals surface area contributed by atoms with E-state index < -0.39 is 5.54 Å². The van der Waals surface area contributed by atoms with Crippen LogP contribution in [-0.2, 0) is 4.74 Å². The summed E-state index contributed by atoms with van der Waals surface area (Å²) in [5, 5.41) is 9.03. The molecule has 0 aliphatic heterocycles. The SMILES string of the molecule is CCCCCCCOC(C)CC(C)(N)CO. The van der Waals surface area contributed by atoms with Crippen LogP contribution in [0.1, 0.15) is 59.3 Å². The summed E-state index contributed by atoms with van der Waals surface area (Å²) < 4.78 is 5.67. The van der Waals surface area contributed by atoms with Gasteiger partial charge < -0.3 is 15.6 Å². The van der Waals surface area contributed by atoms with Crippen LogP contribution in [0.2, 0.25) is 0 Å². The van der Waals surface area contributed by atoms with E-state index in [0.29, 0.717) is 6.42 Å². The van der Waals surface area contributed by atoms with Crippen molar-refractivity contribution in [1.82, 2.24) is 0 Å². The third-order valence-electron chi connectivity index (χ3n) is 2.77. The Morgan fingerprint density at radius 2 is 1.88 bits per heavy atom. The number of unbranched alkanes of at least 4 members (excludes halogenated alkanes) is 4. The maximum absolute atomic E-state index is 9.03. The zero-order chi connectivity index (χ0) is 12.4. The maximum atomic E-state index is 9.03. The molecule has 0 saturated heterocycles. The molecule has 0 saturated carbocycles. The van der Waals surface area contributed by atoms with E-state index in [1.807, 2.05) is 13.8 Å². The molecule has 0 heterocycles. The molecule has 0 spiro atoms. The van der Waals surface area contributed by atoms with Gasteiger partial charge in [-0.15, -0.1) is 0 Å². The standard InChI is InChI=1S/C13H29NO2/c1-4-5-6-7-8-9-16-12(2)10-13(3,14)11-15/h12,15H,4-11,14H2,1-3H3. The van der Waals surface area contributed by atoms with Crippen LogP contribution in [0, 0.1) is 0 Å². The molecule has 0 aliphatic carbocycles. The fourth-order valence-corrected chi connectivity index (χ4v) is 1.77. The lowest BCUT2D eigenvalue weighted by molar-refractivity contribution is 0.0344. The van der Waals surface area contributed by atoms with Crippen LogP contribution in [0.15, 0.2) is 0 Å². The minimum Gasteiger partial charge on any atom is -0.394 e. The van der Waals surface area contributed by atoms with E-state index in [4.69, 9.17) is 15.6 Å².